The van der Waals surface area contributed by atoms with Gasteiger partial charge in [-0.15, -0.1) is 0 Å². The molecule has 0 bridgehead atoms. The maximum Gasteiger partial charge on any atom is 0.243 e. The second-order valence-electron chi connectivity index (χ2n) is 11.0. The number of aryl methyl sites for hydroxylation is 2. The molecule has 0 aliphatic carbocycles. The van der Waals surface area contributed by atoms with Gasteiger partial charge in [-0.2, -0.15) is 0 Å². The maximum absolute atomic E-state index is 13.3. The fourth-order valence-corrected chi connectivity index (χ4v) is 4.51. The zero-order valence-corrected chi connectivity index (χ0v) is 24.2. The average Bonchev–Trinajstić information content (AvgIpc) is 2.87. The number of nitrogens with one attached hydrogen (secondary N) is 3. The standard InChI is InChI=1S/C30H43N5O5/c1-16(2)25(29(39)33-24(27(32)37)14-20-10-8-7-9-11-20)35-30(40)26(17(3)4)34-28(38)23(31)15-22-18(5)12-21(36)13-19(22)6/h7-13,16-17,23-26,36H,14-15,31H2,1-6H3,(H2,32,37)(H,33,39)(H,34,38)(H,35,40). The van der Waals surface area contributed by atoms with Gasteiger partial charge in [0.25, 0.3) is 0 Å². The van der Waals surface area contributed by atoms with E-state index in [1.807, 2.05) is 44.2 Å². The topological polar surface area (TPSA) is 177 Å². The van der Waals surface area contributed by atoms with Crippen LogP contribution < -0.4 is 27.4 Å². The molecule has 0 saturated heterocycles. The molecule has 10 nitrogen and oxygen atoms in total. The highest BCUT2D eigenvalue weighted by atomic mass is 16.3. The SMILES string of the molecule is Cc1cc(O)cc(C)c1CC(N)C(=O)NC(C(=O)NC(C(=O)NC(Cc1ccccc1)C(N)=O)C(C)C)C(C)C. The van der Waals surface area contributed by atoms with E-state index in [0.29, 0.717) is 0 Å². The lowest BCUT2D eigenvalue weighted by atomic mass is 9.95. The number of hydrogen-bond donors (Lipinski definition) is 6. The normalized spacial score (nSPS) is 14.2. The first-order valence-electron chi connectivity index (χ1n) is 13.5. The molecular weight excluding hydrogens is 510 g/mol. The smallest absolute Gasteiger partial charge is 0.243 e. The second kappa shape index (κ2) is 14.5. The molecule has 4 unspecified atom stereocenters. The van der Waals surface area contributed by atoms with Gasteiger partial charge in [-0.25, -0.2) is 0 Å². The van der Waals surface area contributed by atoms with Crippen molar-refractivity contribution < 1.29 is 24.3 Å². The third kappa shape index (κ3) is 9.08. The van der Waals surface area contributed by atoms with E-state index in [0.717, 1.165) is 22.3 Å². The highest BCUT2D eigenvalue weighted by Gasteiger charge is 2.33. The van der Waals surface area contributed by atoms with Gasteiger partial charge < -0.3 is 32.5 Å². The summed E-state index contributed by atoms with van der Waals surface area (Å²) in [5.41, 5.74) is 15.1. The van der Waals surface area contributed by atoms with Gasteiger partial charge in [-0.1, -0.05) is 58.0 Å². The second-order valence-corrected chi connectivity index (χ2v) is 11.0. The molecule has 218 valence electrons. The lowest BCUT2D eigenvalue weighted by Gasteiger charge is -2.29. The predicted octanol–water partition coefficient (Wildman–Crippen LogP) is 1.37. The van der Waals surface area contributed by atoms with Crippen LogP contribution in [-0.2, 0) is 32.0 Å². The van der Waals surface area contributed by atoms with E-state index >= 15 is 0 Å². The van der Waals surface area contributed by atoms with Crippen molar-refractivity contribution in [3.8, 4) is 5.75 Å². The number of benzene rings is 2. The van der Waals surface area contributed by atoms with Gasteiger partial charge in [0, 0.05) is 6.42 Å². The van der Waals surface area contributed by atoms with Crippen LogP contribution in [0.3, 0.4) is 0 Å². The van der Waals surface area contributed by atoms with Crippen LogP contribution >= 0.6 is 0 Å². The number of phenols is 1. The zero-order valence-electron chi connectivity index (χ0n) is 24.2. The summed E-state index contributed by atoms with van der Waals surface area (Å²) in [5, 5.41) is 17.9. The van der Waals surface area contributed by atoms with Crippen molar-refractivity contribution in [1.82, 2.24) is 16.0 Å². The Hall–Kier alpha value is -3.92. The van der Waals surface area contributed by atoms with Gasteiger partial charge in [0.05, 0.1) is 6.04 Å². The molecule has 0 heterocycles. The molecule has 8 N–H and O–H groups in total. The summed E-state index contributed by atoms with van der Waals surface area (Å²) in [6.07, 6.45) is 0.437. The third-order valence-corrected chi connectivity index (χ3v) is 6.88. The number of aromatic hydroxyl groups is 1. The molecule has 0 aliphatic rings. The average molecular weight is 554 g/mol. The summed E-state index contributed by atoms with van der Waals surface area (Å²) < 4.78 is 0. The van der Waals surface area contributed by atoms with Crippen LogP contribution in [0.15, 0.2) is 42.5 Å². The minimum atomic E-state index is -0.973. The first kappa shape index (κ1) is 32.3. The van der Waals surface area contributed by atoms with Gasteiger partial charge in [-0.05, 0) is 66.5 Å². The van der Waals surface area contributed by atoms with Gasteiger partial charge in [-0.3, -0.25) is 19.2 Å². The summed E-state index contributed by atoms with van der Waals surface area (Å²) in [6, 6.07) is 8.55. The lowest BCUT2D eigenvalue weighted by Crippen LogP contribution is -2.60. The monoisotopic (exact) mass is 553 g/mol. The predicted molar refractivity (Wildman–Crippen MR) is 154 cm³/mol. The number of rotatable bonds is 13. The van der Waals surface area contributed by atoms with Crippen molar-refractivity contribution in [2.45, 2.75) is 78.6 Å². The van der Waals surface area contributed by atoms with Crippen LogP contribution in [0.1, 0.15) is 49.9 Å². The largest absolute Gasteiger partial charge is 0.508 e. The number of nitrogens with two attached hydrogens (primary N) is 2. The minimum Gasteiger partial charge on any atom is -0.508 e. The van der Waals surface area contributed by atoms with E-state index in [-0.39, 0.29) is 30.4 Å². The molecule has 0 spiro atoms. The van der Waals surface area contributed by atoms with E-state index < -0.39 is 47.8 Å². The van der Waals surface area contributed by atoms with Gasteiger partial charge in [0.1, 0.15) is 23.9 Å². The van der Waals surface area contributed by atoms with Gasteiger partial charge in [0.2, 0.25) is 23.6 Å². The summed E-state index contributed by atoms with van der Waals surface area (Å²) in [4.78, 5) is 51.6. The molecule has 2 rings (SSSR count). The van der Waals surface area contributed by atoms with Gasteiger partial charge in [0.15, 0.2) is 0 Å². The molecule has 4 atom stereocenters. The number of primary amides is 1. The van der Waals surface area contributed by atoms with Crippen molar-refractivity contribution >= 4 is 23.6 Å². The van der Waals surface area contributed by atoms with E-state index in [4.69, 9.17) is 11.5 Å². The molecule has 4 amide bonds. The fraction of sp³-hybridized carbons (Fsp3) is 0.467. The molecule has 0 aromatic heterocycles. The van der Waals surface area contributed by atoms with Crippen LogP contribution in [0.2, 0.25) is 0 Å². The number of carbonyl (C=O) groups is 4. The Labute approximate surface area is 236 Å². The Kier molecular flexibility index (Phi) is 11.7. The van der Waals surface area contributed by atoms with E-state index in [2.05, 4.69) is 16.0 Å². The summed E-state index contributed by atoms with van der Waals surface area (Å²) in [5.74, 6) is -2.78. The number of hydrogen-bond acceptors (Lipinski definition) is 6. The van der Waals surface area contributed by atoms with Crippen LogP contribution in [0.4, 0.5) is 0 Å². The Morgan fingerprint density at radius 2 is 1.25 bits per heavy atom. The number of carbonyl (C=O) groups excluding carboxylic acids is 4. The van der Waals surface area contributed by atoms with Gasteiger partial charge >= 0.3 is 0 Å². The molecule has 2 aromatic rings. The fourth-order valence-electron chi connectivity index (χ4n) is 4.51. The summed E-state index contributed by atoms with van der Waals surface area (Å²) >= 11 is 0. The maximum atomic E-state index is 13.3. The van der Waals surface area contributed by atoms with Crippen molar-refractivity contribution in [3.63, 3.8) is 0 Å². The molecule has 10 heteroatoms. The Bertz CT molecular complexity index is 1180. The lowest BCUT2D eigenvalue weighted by molar-refractivity contribution is -0.135. The Balaban J connectivity index is 2.11. The van der Waals surface area contributed by atoms with Crippen molar-refractivity contribution in [2.75, 3.05) is 0 Å². The Morgan fingerprint density at radius 1 is 0.775 bits per heavy atom. The zero-order chi connectivity index (χ0) is 30.1. The van der Waals surface area contributed by atoms with Crippen molar-refractivity contribution in [2.24, 2.45) is 23.3 Å². The molecule has 40 heavy (non-hydrogen) atoms. The van der Waals surface area contributed by atoms with Crippen LogP contribution in [0.25, 0.3) is 0 Å². The number of phenolic OH excluding ortho intramolecular Hbond substituents is 1. The van der Waals surface area contributed by atoms with E-state index in [1.54, 1.807) is 39.8 Å². The quantitative estimate of drug-likeness (QED) is 0.218. The minimum absolute atomic E-state index is 0.138. The molecule has 0 saturated carbocycles. The van der Waals surface area contributed by atoms with Crippen LogP contribution in [-0.4, -0.2) is 52.9 Å². The number of amides is 4. The molecule has 0 aliphatic heterocycles. The highest BCUT2D eigenvalue weighted by molar-refractivity contribution is 5.95. The van der Waals surface area contributed by atoms with Crippen molar-refractivity contribution in [3.05, 3.63) is 64.7 Å². The first-order valence-corrected chi connectivity index (χ1v) is 13.5. The third-order valence-electron chi connectivity index (χ3n) is 6.88. The first-order chi connectivity index (χ1) is 18.7. The molecular formula is C30H43N5O5. The Morgan fingerprint density at radius 3 is 1.73 bits per heavy atom. The molecule has 0 fully saturated rings. The summed E-state index contributed by atoms with van der Waals surface area (Å²) in [7, 11) is 0. The summed E-state index contributed by atoms with van der Waals surface area (Å²) in [6.45, 7) is 10.7. The van der Waals surface area contributed by atoms with Crippen LogP contribution in [0, 0.1) is 25.7 Å². The van der Waals surface area contributed by atoms with E-state index in [9.17, 15) is 24.3 Å². The van der Waals surface area contributed by atoms with Crippen LogP contribution in [0.5, 0.6) is 5.75 Å². The van der Waals surface area contributed by atoms with E-state index in [1.165, 1.54) is 0 Å². The van der Waals surface area contributed by atoms with Crippen molar-refractivity contribution in [1.29, 1.82) is 0 Å². The molecule has 2 aromatic carbocycles. The molecule has 0 radical (unpaired) electrons. The highest BCUT2D eigenvalue weighted by Crippen LogP contribution is 2.22.